The van der Waals surface area contributed by atoms with Gasteiger partial charge in [0.2, 0.25) is 0 Å². The van der Waals surface area contributed by atoms with Crippen molar-refractivity contribution in [1.29, 1.82) is 0 Å². The molecule has 0 radical (unpaired) electrons. The van der Waals surface area contributed by atoms with Crippen molar-refractivity contribution in [2.75, 3.05) is 5.32 Å². The smallest absolute Gasteiger partial charge is 0.273 e. The normalized spacial score (nSPS) is 11.1. The summed E-state index contributed by atoms with van der Waals surface area (Å²) in [5.74, 6) is -0.117. The van der Waals surface area contributed by atoms with Crippen molar-refractivity contribution in [3.63, 3.8) is 0 Å². The minimum absolute atomic E-state index is 0.117. The number of carbonyl (C=O) groups is 1. The van der Waals surface area contributed by atoms with Gasteiger partial charge in [-0.1, -0.05) is 24.3 Å². The van der Waals surface area contributed by atoms with Crippen molar-refractivity contribution >= 4 is 39.2 Å². The first kappa shape index (κ1) is 15.1. The van der Waals surface area contributed by atoms with Crippen LogP contribution in [0.15, 0.2) is 47.3 Å². The number of hydrogen-bond acceptors (Lipinski definition) is 4. The van der Waals surface area contributed by atoms with Crippen LogP contribution in [0.1, 0.15) is 21.6 Å². The lowest BCUT2D eigenvalue weighted by molar-refractivity contribution is 0.102. The molecule has 3 aromatic heterocycles. The third kappa shape index (κ3) is 2.53. The van der Waals surface area contributed by atoms with E-state index in [0.29, 0.717) is 5.69 Å². The molecule has 0 spiro atoms. The van der Waals surface area contributed by atoms with Crippen LogP contribution in [0.2, 0.25) is 0 Å². The van der Waals surface area contributed by atoms with Gasteiger partial charge in [0.15, 0.2) is 4.96 Å². The van der Waals surface area contributed by atoms with Gasteiger partial charge in [-0.25, -0.2) is 4.98 Å². The highest BCUT2D eigenvalue weighted by molar-refractivity contribution is 7.15. The van der Waals surface area contributed by atoms with Crippen LogP contribution < -0.4 is 5.32 Å². The molecule has 1 N–H and O–H groups in total. The minimum atomic E-state index is -0.117. The number of hydrogen-bond donors (Lipinski definition) is 1. The van der Waals surface area contributed by atoms with E-state index in [4.69, 9.17) is 0 Å². The molecule has 1 amide bonds. The maximum Gasteiger partial charge on any atom is 0.273 e. The summed E-state index contributed by atoms with van der Waals surface area (Å²) < 4.78 is 1.86. The van der Waals surface area contributed by atoms with E-state index in [1.54, 1.807) is 11.3 Å². The molecule has 4 aromatic rings. The number of imidazole rings is 1. The monoisotopic (exact) mass is 353 g/mol. The maximum absolute atomic E-state index is 12.7. The third-order valence-electron chi connectivity index (χ3n) is 3.93. The zero-order valence-corrected chi connectivity index (χ0v) is 14.9. The summed E-state index contributed by atoms with van der Waals surface area (Å²) in [6.45, 7) is 4.00. The van der Waals surface area contributed by atoms with E-state index >= 15 is 0 Å². The molecule has 1 aromatic carbocycles. The highest BCUT2D eigenvalue weighted by Crippen LogP contribution is 2.27. The molecule has 0 saturated heterocycles. The van der Waals surface area contributed by atoms with E-state index in [2.05, 4.69) is 10.3 Å². The first-order valence-corrected chi connectivity index (χ1v) is 9.27. The van der Waals surface area contributed by atoms with E-state index in [-0.39, 0.29) is 5.91 Å². The zero-order chi connectivity index (χ0) is 16.7. The quantitative estimate of drug-likeness (QED) is 0.564. The summed E-state index contributed by atoms with van der Waals surface area (Å²) in [6, 6.07) is 10.0. The lowest BCUT2D eigenvalue weighted by atomic mass is 10.1. The molecule has 0 aliphatic rings. The van der Waals surface area contributed by atoms with Crippen molar-refractivity contribution in [2.45, 2.75) is 13.8 Å². The number of para-hydroxylation sites is 1. The topological polar surface area (TPSA) is 46.4 Å². The molecule has 120 valence electrons. The van der Waals surface area contributed by atoms with Gasteiger partial charge < -0.3 is 5.32 Å². The van der Waals surface area contributed by atoms with Crippen molar-refractivity contribution in [3.8, 4) is 10.6 Å². The summed E-state index contributed by atoms with van der Waals surface area (Å²) >= 11 is 3.12. The summed E-state index contributed by atoms with van der Waals surface area (Å²) in [5.41, 5.74) is 4.49. The molecule has 0 atom stereocenters. The number of fused-ring (bicyclic) bond motifs is 1. The van der Waals surface area contributed by atoms with Crippen LogP contribution in [0.4, 0.5) is 5.69 Å². The fraction of sp³-hybridized carbons (Fsp3) is 0.111. The molecule has 24 heavy (non-hydrogen) atoms. The first-order valence-electron chi connectivity index (χ1n) is 7.51. The van der Waals surface area contributed by atoms with Crippen molar-refractivity contribution < 1.29 is 4.79 Å². The molecule has 4 nitrogen and oxygen atoms in total. The molecular formula is C18H15N3OS2. The average Bonchev–Trinajstić information content (AvgIpc) is 3.25. The van der Waals surface area contributed by atoms with E-state index in [1.807, 2.05) is 65.5 Å². The van der Waals surface area contributed by atoms with E-state index in [9.17, 15) is 4.79 Å². The van der Waals surface area contributed by atoms with Gasteiger partial charge in [-0.2, -0.15) is 0 Å². The summed E-state index contributed by atoms with van der Waals surface area (Å²) in [7, 11) is 0. The largest absolute Gasteiger partial charge is 0.320 e. The van der Waals surface area contributed by atoms with Crippen molar-refractivity contribution in [3.05, 3.63) is 64.1 Å². The van der Waals surface area contributed by atoms with Gasteiger partial charge in [-0.3, -0.25) is 9.20 Å². The molecule has 0 aliphatic heterocycles. The molecule has 4 rings (SSSR count). The maximum atomic E-state index is 12.7. The Balaban J connectivity index is 1.70. The first-order chi connectivity index (χ1) is 11.6. The Bertz CT molecular complexity index is 1010. The average molecular weight is 353 g/mol. The van der Waals surface area contributed by atoms with E-state index < -0.39 is 0 Å². The fourth-order valence-electron chi connectivity index (χ4n) is 2.68. The number of amides is 1. The molecule has 0 bridgehead atoms. The number of nitrogens with zero attached hydrogens (tertiary/aromatic N) is 2. The third-order valence-corrected chi connectivity index (χ3v) is 5.67. The number of thiophene rings is 1. The fourth-order valence-corrected chi connectivity index (χ4v) is 4.21. The Morgan fingerprint density at radius 2 is 1.92 bits per heavy atom. The van der Waals surface area contributed by atoms with Gasteiger partial charge in [0, 0.05) is 17.3 Å². The van der Waals surface area contributed by atoms with E-state index in [1.165, 1.54) is 11.3 Å². The second-order valence-corrected chi connectivity index (χ2v) is 7.38. The van der Waals surface area contributed by atoms with E-state index in [0.717, 1.165) is 32.3 Å². The van der Waals surface area contributed by atoms with Gasteiger partial charge in [0.25, 0.3) is 5.91 Å². The SMILES string of the molecule is Cc1cccc(C)c1NC(=O)c1csc2nc(-c3cccs3)cn12. The predicted octanol–water partition coefficient (Wildman–Crippen LogP) is 4.99. The highest BCUT2D eigenvalue weighted by atomic mass is 32.1. The van der Waals surface area contributed by atoms with Crippen LogP contribution in [-0.4, -0.2) is 15.3 Å². The molecule has 3 heterocycles. The van der Waals surface area contributed by atoms with Gasteiger partial charge in [-0.15, -0.1) is 22.7 Å². The number of thiazole rings is 1. The molecule has 0 fully saturated rings. The number of rotatable bonds is 3. The van der Waals surface area contributed by atoms with Gasteiger partial charge in [-0.05, 0) is 36.4 Å². The number of carbonyl (C=O) groups excluding carboxylic acids is 1. The summed E-state index contributed by atoms with van der Waals surface area (Å²) in [5, 5.41) is 6.91. The molecule has 6 heteroatoms. The van der Waals surface area contributed by atoms with Crippen LogP contribution in [0.3, 0.4) is 0 Å². The van der Waals surface area contributed by atoms with Crippen molar-refractivity contribution in [2.24, 2.45) is 0 Å². The lowest BCUT2D eigenvalue weighted by Crippen LogP contribution is -2.15. The number of nitrogens with one attached hydrogen (secondary N) is 1. The number of aromatic nitrogens is 2. The Labute approximate surface area is 147 Å². The Kier molecular flexibility index (Phi) is 3.70. The second kappa shape index (κ2) is 5.89. The van der Waals surface area contributed by atoms with Gasteiger partial charge in [0.05, 0.1) is 4.88 Å². The van der Waals surface area contributed by atoms with Crippen LogP contribution >= 0.6 is 22.7 Å². The van der Waals surface area contributed by atoms with Crippen LogP contribution in [-0.2, 0) is 0 Å². The Hall–Kier alpha value is -2.44. The Morgan fingerprint density at radius 1 is 1.12 bits per heavy atom. The van der Waals surface area contributed by atoms with Crippen LogP contribution in [0.5, 0.6) is 0 Å². The number of aryl methyl sites for hydroxylation is 2. The Morgan fingerprint density at radius 3 is 2.62 bits per heavy atom. The molecule has 0 saturated carbocycles. The second-order valence-electron chi connectivity index (χ2n) is 5.60. The van der Waals surface area contributed by atoms with Crippen molar-refractivity contribution in [1.82, 2.24) is 9.38 Å². The van der Waals surface area contributed by atoms with Crippen LogP contribution in [0, 0.1) is 13.8 Å². The summed E-state index contributed by atoms with van der Waals surface area (Å²) in [6.07, 6.45) is 1.93. The highest BCUT2D eigenvalue weighted by Gasteiger charge is 2.17. The molecule has 0 unspecified atom stereocenters. The zero-order valence-electron chi connectivity index (χ0n) is 13.2. The lowest BCUT2D eigenvalue weighted by Gasteiger charge is -2.10. The minimum Gasteiger partial charge on any atom is -0.320 e. The predicted molar refractivity (Wildman–Crippen MR) is 100 cm³/mol. The summed E-state index contributed by atoms with van der Waals surface area (Å²) in [4.78, 5) is 19.3. The molecular weight excluding hydrogens is 338 g/mol. The van der Waals surface area contributed by atoms with Crippen LogP contribution in [0.25, 0.3) is 15.5 Å². The number of anilines is 1. The number of benzene rings is 1. The molecule has 0 aliphatic carbocycles. The standard InChI is InChI=1S/C18H15N3OS2/c1-11-5-3-6-12(2)16(11)20-17(22)14-10-24-18-19-13(9-21(14)18)15-7-4-8-23-15/h3-10H,1-2H3,(H,20,22). The van der Waals surface area contributed by atoms with Gasteiger partial charge >= 0.3 is 0 Å². The van der Waals surface area contributed by atoms with Gasteiger partial charge in [0.1, 0.15) is 11.4 Å².